The van der Waals surface area contributed by atoms with E-state index in [0.29, 0.717) is 26.3 Å². The maximum atomic E-state index is 13.5. The van der Waals surface area contributed by atoms with Crippen LogP contribution in [0.2, 0.25) is 0 Å². The number of nitrogens with one attached hydrogen (secondary N) is 1. The first-order chi connectivity index (χ1) is 10.1. The molecule has 7 heteroatoms. The van der Waals surface area contributed by atoms with E-state index in [1.165, 1.54) is 12.1 Å². The first-order valence-corrected chi connectivity index (χ1v) is 6.76. The number of rotatable bonds is 4. The van der Waals surface area contributed by atoms with Crippen molar-refractivity contribution in [3.8, 4) is 0 Å². The average molecular weight is 295 g/mol. The van der Waals surface area contributed by atoms with Crippen molar-refractivity contribution in [2.45, 2.75) is 6.42 Å². The summed E-state index contributed by atoms with van der Waals surface area (Å²) in [5, 5.41) is 2.53. The predicted molar refractivity (Wildman–Crippen MR) is 75.2 cm³/mol. The summed E-state index contributed by atoms with van der Waals surface area (Å²) in [6.07, 6.45) is 0.183. The molecule has 0 radical (unpaired) electrons. The monoisotopic (exact) mass is 295 g/mol. The zero-order chi connectivity index (χ0) is 15.2. The van der Waals surface area contributed by atoms with Crippen molar-refractivity contribution in [3.63, 3.8) is 0 Å². The molecule has 0 saturated carbocycles. The van der Waals surface area contributed by atoms with E-state index in [4.69, 9.17) is 10.5 Å². The molecule has 1 saturated heterocycles. The van der Waals surface area contributed by atoms with E-state index < -0.39 is 11.7 Å². The third-order valence-electron chi connectivity index (χ3n) is 3.23. The lowest BCUT2D eigenvalue weighted by atomic mass is 10.2. The number of ether oxygens (including phenoxy) is 1. The van der Waals surface area contributed by atoms with Crippen LogP contribution >= 0.6 is 0 Å². The summed E-state index contributed by atoms with van der Waals surface area (Å²) in [5.41, 5.74) is 5.59. The van der Waals surface area contributed by atoms with E-state index in [1.807, 2.05) is 0 Å². The lowest BCUT2D eigenvalue weighted by Crippen LogP contribution is -2.42. The Morgan fingerprint density at radius 2 is 2.05 bits per heavy atom. The van der Waals surface area contributed by atoms with Crippen LogP contribution in [0.4, 0.5) is 10.1 Å². The fraction of sp³-hybridized carbons (Fsp3) is 0.429. The molecule has 114 valence electrons. The molecule has 3 N–H and O–H groups in total. The van der Waals surface area contributed by atoms with Crippen LogP contribution in [-0.4, -0.2) is 49.6 Å². The Balaban J connectivity index is 1.79. The summed E-state index contributed by atoms with van der Waals surface area (Å²) >= 11 is 0. The van der Waals surface area contributed by atoms with Crippen molar-refractivity contribution in [2.75, 3.05) is 38.6 Å². The normalized spacial score (nSPS) is 14.8. The van der Waals surface area contributed by atoms with Crippen LogP contribution < -0.4 is 11.1 Å². The SMILES string of the molecule is Nc1ccc(C(=O)NCCC(=O)N2CCOCC2)c(F)c1. The van der Waals surface area contributed by atoms with Crippen LogP contribution in [0.5, 0.6) is 0 Å². The zero-order valence-electron chi connectivity index (χ0n) is 11.6. The fourth-order valence-electron chi connectivity index (χ4n) is 2.06. The lowest BCUT2D eigenvalue weighted by molar-refractivity contribution is -0.135. The van der Waals surface area contributed by atoms with Crippen LogP contribution in [0.15, 0.2) is 18.2 Å². The number of nitrogens with zero attached hydrogens (tertiary/aromatic N) is 1. The molecule has 1 aliphatic rings. The molecule has 2 amide bonds. The smallest absolute Gasteiger partial charge is 0.254 e. The molecule has 0 spiro atoms. The Bertz CT molecular complexity index is 530. The van der Waals surface area contributed by atoms with Gasteiger partial charge in [-0.25, -0.2) is 4.39 Å². The van der Waals surface area contributed by atoms with Crippen LogP contribution in [0, 0.1) is 5.82 Å². The predicted octanol–water partition coefficient (Wildman–Crippen LogP) is 0.387. The maximum absolute atomic E-state index is 13.5. The molecular formula is C14H18FN3O3. The molecule has 0 unspecified atom stereocenters. The fourth-order valence-corrected chi connectivity index (χ4v) is 2.06. The molecule has 0 aliphatic carbocycles. The lowest BCUT2D eigenvalue weighted by Gasteiger charge is -2.26. The van der Waals surface area contributed by atoms with E-state index in [0.717, 1.165) is 6.07 Å². The van der Waals surface area contributed by atoms with Gasteiger partial charge >= 0.3 is 0 Å². The number of hydrogen-bond donors (Lipinski definition) is 2. The van der Waals surface area contributed by atoms with Crippen molar-refractivity contribution >= 4 is 17.5 Å². The minimum Gasteiger partial charge on any atom is -0.399 e. The van der Waals surface area contributed by atoms with Crippen LogP contribution in [0.25, 0.3) is 0 Å². The van der Waals surface area contributed by atoms with Gasteiger partial charge in [0.15, 0.2) is 0 Å². The third-order valence-corrected chi connectivity index (χ3v) is 3.23. The van der Waals surface area contributed by atoms with Crippen LogP contribution in [0.3, 0.4) is 0 Å². The topological polar surface area (TPSA) is 84.7 Å². The number of carbonyl (C=O) groups is 2. The molecule has 1 heterocycles. The van der Waals surface area contributed by atoms with Gasteiger partial charge in [-0.2, -0.15) is 0 Å². The summed E-state index contributed by atoms with van der Waals surface area (Å²) in [4.78, 5) is 25.3. The minimum absolute atomic E-state index is 0.0450. The van der Waals surface area contributed by atoms with Crippen molar-refractivity contribution in [1.29, 1.82) is 0 Å². The van der Waals surface area contributed by atoms with Gasteiger partial charge < -0.3 is 20.7 Å². The Morgan fingerprint density at radius 3 is 2.71 bits per heavy atom. The number of halogens is 1. The van der Waals surface area contributed by atoms with Crippen LogP contribution in [-0.2, 0) is 9.53 Å². The Labute approximate surface area is 122 Å². The van der Waals surface area contributed by atoms with Gasteiger partial charge in [0.05, 0.1) is 18.8 Å². The number of nitrogen functional groups attached to an aromatic ring is 1. The summed E-state index contributed by atoms with van der Waals surface area (Å²) in [5.74, 6) is -1.27. The highest BCUT2D eigenvalue weighted by Gasteiger charge is 2.17. The number of carbonyl (C=O) groups excluding carboxylic acids is 2. The second-order valence-electron chi connectivity index (χ2n) is 4.74. The second kappa shape index (κ2) is 7.03. The Morgan fingerprint density at radius 1 is 1.33 bits per heavy atom. The standard InChI is InChI=1S/C14H18FN3O3/c15-12-9-10(16)1-2-11(12)14(20)17-4-3-13(19)18-5-7-21-8-6-18/h1-2,9H,3-8,16H2,(H,17,20). The van der Waals surface area contributed by atoms with E-state index in [1.54, 1.807) is 4.90 Å². The second-order valence-corrected chi connectivity index (χ2v) is 4.74. The van der Waals surface area contributed by atoms with Crippen LogP contribution in [0.1, 0.15) is 16.8 Å². The van der Waals surface area contributed by atoms with E-state index in [-0.39, 0.29) is 30.1 Å². The molecule has 6 nitrogen and oxygen atoms in total. The van der Waals surface area contributed by atoms with Gasteiger partial charge in [0.25, 0.3) is 5.91 Å². The number of anilines is 1. The Hall–Kier alpha value is -2.15. The molecule has 2 rings (SSSR count). The van der Waals surface area contributed by atoms with Gasteiger partial charge in [-0.05, 0) is 18.2 Å². The number of nitrogens with two attached hydrogens (primary N) is 1. The highest BCUT2D eigenvalue weighted by molar-refractivity contribution is 5.95. The quantitative estimate of drug-likeness (QED) is 0.787. The summed E-state index contributed by atoms with van der Waals surface area (Å²) < 4.78 is 18.7. The van der Waals surface area contributed by atoms with Crippen molar-refractivity contribution in [3.05, 3.63) is 29.6 Å². The molecule has 1 aromatic rings. The molecule has 0 bridgehead atoms. The minimum atomic E-state index is -0.674. The summed E-state index contributed by atoms with van der Waals surface area (Å²) in [6, 6.07) is 3.87. The first kappa shape index (κ1) is 15.2. The summed E-state index contributed by atoms with van der Waals surface area (Å²) in [6.45, 7) is 2.38. The molecule has 1 fully saturated rings. The van der Waals surface area contributed by atoms with Gasteiger partial charge in [0.1, 0.15) is 5.82 Å². The van der Waals surface area contributed by atoms with Gasteiger partial charge in [-0.1, -0.05) is 0 Å². The Kier molecular flexibility index (Phi) is 5.10. The van der Waals surface area contributed by atoms with Gasteiger partial charge in [-0.3, -0.25) is 9.59 Å². The van der Waals surface area contributed by atoms with Gasteiger partial charge in [0, 0.05) is 31.7 Å². The molecule has 1 aliphatic heterocycles. The number of amides is 2. The molecular weight excluding hydrogens is 277 g/mol. The van der Waals surface area contributed by atoms with E-state index in [9.17, 15) is 14.0 Å². The highest BCUT2D eigenvalue weighted by Crippen LogP contribution is 2.11. The third kappa shape index (κ3) is 4.16. The molecule has 21 heavy (non-hydrogen) atoms. The van der Waals surface area contributed by atoms with Crippen molar-refractivity contribution < 1.29 is 18.7 Å². The summed E-state index contributed by atoms with van der Waals surface area (Å²) in [7, 11) is 0. The number of hydrogen-bond acceptors (Lipinski definition) is 4. The van der Waals surface area contributed by atoms with Crippen molar-refractivity contribution in [1.82, 2.24) is 10.2 Å². The first-order valence-electron chi connectivity index (χ1n) is 6.76. The highest BCUT2D eigenvalue weighted by atomic mass is 19.1. The van der Waals surface area contributed by atoms with Gasteiger partial charge in [0.2, 0.25) is 5.91 Å². The molecule has 0 aromatic heterocycles. The maximum Gasteiger partial charge on any atom is 0.254 e. The van der Waals surface area contributed by atoms with Gasteiger partial charge in [-0.15, -0.1) is 0 Å². The average Bonchev–Trinajstić information content (AvgIpc) is 2.47. The molecule has 1 aromatic carbocycles. The van der Waals surface area contributed by atoms with E-state index in [2.05, 4.69) is 5.32 Å². The molecule has 0 atom stereocenters. The number of benzene rings is 1. The van der Waals surface area contributed by atoms with Crippen molar-refractivity contribution in [2.24, 2.45) is 0 Å². The largest absolute Gasteiger partial charge is 0.399 e. The zero-order valence-corrected chi connectivity index (χ0v) is 11.6. The van der Waals surface area contributed by atoms with E-state index >= 15 is 0 Å². The number of morpholine rings is 1.